The number of carbonyl (C=O) groups excluding carboxylic acids is 2. The first-order valence-electron chi connectivity index (χ1n) is 10.5. The average Bonchev–Trinajstić information content (AvgIpc) is 3.01. The van der Waals surface area contributed by atoms with Gasteiger partial charge >= 0.3 is 0 Å². The Morgan fingerprint density at radius 1 is 1.11 bits per heavy atom. The maximum Gasteiger partial charge on any atom is 0.227 e. The summed E-state index contributed by atoms with van der Waals surface area (Å²) in [5, 5.41) is 1.04. The van der Waals surface area contributed by atoms with Gasteiger partial charge in [-0.1, -0.05) is 20.3 Å². The molecule has 0 unspecified atom stereocenters. The molecule has 2 fully saturated rings. The van der Waals surface area contributed by atoms with E-state index in [0.29, 0.717) is 38.5 Å². The van der Waals surface area contributed by atoms with Crippen LogP contribution in [-0.4, -0.2) is 47.8 Å². The van der Waals surface area contributed by atoms with Gasteiger partial charge in [0.1, 0.15) is 5.58 Å². The Morgan fingerprint density at radius 3 is 2.39 bits per heavy atom. The third-order valence-corrected chi connectivity index (χ3v) is 6.40. The lowest BCUT2D eigenvalue weighted by Crippen LogP contribution is -2.52. The van der Waals surface area contributed by atoms with E-state index in [4.69, 9.17) is 4.42 Å². The molecule has 1 aliphatic carbocycles. The Kier molecular flexibility index (Phi) is 5.17. The molecule has 2 amide bonds. The van der Waals surface area contributed by atoms with Crippen LogP contribution in [0.2, 0.25) is 0 Å². The van der Waals surface area contributed by atoms with Gasteiger partial charge in [0.05, 0.1) is 12.7 Å². The summed E-state index contributed by atoms with van der Waals surface area (Å²) in [5.41, 5.74) is 4.32. The fourth-order valence-corrected chi connectivity index (χ4v) is 4.37. The van der Waals surface area contributed by atoms with Crippen LogP contribution >= 0.6 is 0 Å². The van der Waals surface area contributed by atoms with E-state index < -0.39 is 0 Å². The molecule has 2 aliphatic rings. The summed E-state index contributed by atoms with van der Waals surface area (Å²) < 4.78 is 5.72. The largest absolute Gasteiger partial charge is 0.464 e. The number of amides is 2. The van der Waals surface area contributed by atoms with E-state index in [1.807, 2.05) is 9.80 Å². The number of carbonyl (C=O) groups is 2. The van der Waals surface area contributed by atoms with Crippen molar-refractivity contribution < 1.29 is 14.0 Å². The van der Waals surface area contributed by atoms with Gasteiger partial charge in [-0.15, -0.1) is 0 Å². The molecule has 1 saturated carbocycles. The Bertz CT molecular complexity index is 887. The molecule has 4 rings (SSSR count). The number of furan rings is 1. The molecule has 1 aromatic carbocycles. The van der Waals surface area contributed by atoms with Crippen LogP contribution in [0, 0.1) is 12.8 Å². The third kappa shape index (κ3) is 3.54. The summed E-state index contributed by atoms with van der Waals surface area (Å²) in [6, 6.07) is 4.25. The second-order valence-corrected chi connectivity index (χ2v) is 8.63. The molecule has 5 heteroatoms. The molecule has 0 spiro atoms. The number of hydrogen-bond acceptors (Lipinski definition) is 3. The number of nitrogens with zero attached hydrogens (tertiary/aromatic N) is 2. The highest BCUT2D eigenvalue weighted by Crippen LogP contribution is 2.30. The predicted molar refractivity (Wildman–Crippen MR) is 109 cm³/mol. The topological polar surface area (TPSA) is 53.8 Å². The van der Waals surface area contributed by atoms with Gasteiger partial charge < -0.3 is 14.2 Å². The van der Waals surface area contributed by atoms with E-state index in [9.17, 15) is 9.59 Å². The lowest BCUT2D eigenvalue weighted by atomic mass is 9.84. The van der Waals surface area contributed by atoms with Crippen molar-refractivity contribution in [3.05, 3.63) is 35.1 Å². The first-order valence-corrected chi connectivity index (χ1v) is 10.5. The molecular formula is C23H30N2O3. The minimum Gasteiger partial charge on any atom is -0.464 e. The molecule has 1 saturated heterocycles. The zero-order chi connectivity index (χ0) is 19.8. The summed E-state index contributed by atoms with van der Waals surface area (Å²) in [6.45, 7) is 9.04. The van der Waals surface area contributed by atoms with Crippen molar-refractivity contribution in [2.75, 3.05) is 26.2 Å². The first-order chi connectivity index (χ1) is 13.4. The molecule has 1 aromatic heterocycles. The normalized spacial score (nSPS) is 18.0. The molecule has 28 heavy (non-hydrogen) atoms. The average molecular weight is 383 g/mol. The van der Waals surface area contributed by atoms with Crippen LogP contribution in [0.5, 0.6) is 0 Å². The van der Waals surface area contributed by atoms with Crippen molar-refractivity contribution in [2.24, 2.45) is 5.92 Å². The van der Waals surface area contributed by atoms with E-state index in [2.05, 4.69) is 32.9 Å². The van der Waals surface area contributed by atoms with Crippen molar-refractivity contribution in [2.45, 2.75) is 52.4 Å². The molecule has 2 aromatic rings. The standard InChI is InChI=1S/C23H30N2O3/c1-15(2)19-13-20-18(14-28-21(20)11-16(19)3)12-22(26)24-7-9-25(10-8-24)23(27)17-5-4-6-17/h11,13-15,17H,4-10,12H2,1-3H3. The highest BCUT2D eigenvalue weighted by Gasteiger charge is 2.32. The Morgan fingerprint density at radius 2 is 1.79 bits per heavy atom. The monoisotopic (exact) mass is 382 g/mol. The van der Waals surface area contributed by atoms with Crippen molar-refractivity contribution in [3.8, 4) is 0 Å². The van der Waals surface area contributed by atoms with Crippen LogP contribution in [0.25, 0.3) is 11.0 Å². The molecule has 0 atom stereocenters. The van der Waals surface area contributed by atoms with Crippen LogP contribution in [-0.2, 0) is 16.0 Å². The molecule has 150 valence electrons. The summed E-state index contributed by atoms with van der Waals surface area (Å²) in [7, 11) is 0. The van der Waals surface area contributed by atoms with Crippen molar-refractivity contribution in [3.63, 3.8) is 0 Å². The van der Waals surface area contributed by atoms with Crippen LogP contribution in [0.1, 0.15) is 55.7 Å². The quantitative estimate of drug-likeness (QED) is 0.806. The lowest BCUT2D eigenvalue weighted by molar-refractivity contribution is -0.143. The zero-order valence-corrected chi connectivity index (χ0v) is 17.2. The molecular weight excluding hydrogens is 352 g/mol. The number of fused-ring (bicyclic) bond motifs is 1. The fraction of sp³-hybridized carbons (Fsp3) is 0.565. The number of hydrogen-bond donors (Lipinski definition) is 0. The van der Waals surface area contributed by atoms with Crippen molar-refractivity contribution in [1.29, 1.82) is 0 Å². The molecule has 0 bridgehead atoms. The second kappa shape index (κ2) is 7.61. The number of benzene rings is 1. The van der Waals surface area contributed by atoms with E-state index in [1.54, 1.807) is 6.26 Å². The first kappa shape index (κ1) is 19.0. The molecule has 1 aliphatic heterocycles. The molecule has 0 N–H and O–H groups in total. The van der Waals surface area contributed by atoms with Gasteiger partial charge in [0.2, 0.25) is 11.8 Å². The molecule has 5 nitrogen and oxygen atoms in total. The van der Waals surface area contributed by atoms with Crippen LogP contribution < -0.4 is 0 Å². The maximum absolute atomic E-state index is 12.9. The van der Waals surface area contributed by atoms with E-state index in [1.165, 1.54) is 17.5 Å². The summed E-state index contributed by atoms with van der Waals surface area (Å²) >= 11 is 0. The van der Waals surface area contributed by atoms with Crippen molar-refractivity contribution in [1.82, 2.24) is 9.80 Å². The summed E-state index contributed by atoms with van der Waals surface area (Å²) in [6.07, 6.45) is 5.31. The summed E-state index contributed by atoms with van der Waals surface area (Å²) in [4.78, 5) is 29.1. The predicted octanol–water partition coefficient (Wildman–Crippen LogP) is 3.88. The number of piperazine rings is 1. The van der Waals surface area contributed by atoms with Crippen LogP contribution in [0.3, 0.4) is 0 Å². The van der Waals surface area contributed by atoms with E-state index >= 15 is 0 Å². The highest BCUT2D eigenvalue weighted by molar-refractivity contribution is 5.89. The van der Waals surface area contributed by atoms with Crippen LogP contribution in [0.4, 0.5) is 0 Å². The Balaban J connectivity index is 1.41. The van der Waals surface area contributed by atoms with Gasteiger partial charge in [0.15, 0.2) is 0 Å². The molecule has 2 heterocycles. The van der Waals surface area contributed by atoms with E-state index in [-0.39, 0.29) is 17.7 Å². The minimum atomic E-state index is 0.116. The summed E-state index contributed by atoms with van der Waals surface area (Å²) in [5.74, 6) is 1.07. The third-order valence-electron chi connectivity index (χ3n) is 6.40. The van der Waals surface area contributed by atoms with Gasteiger partial charge in [-0.25, -0.2) is 0 Å². The fourth-order valence-electron chi connectivity index (χ4n) is 4.37. The highest BCUT2D eigenvalue weighted by atomic mass is 16.3. The van der Waals surface area contributed by atoms with Gasteiger partial charge in [0.25, 0.3) is 0 Å². The van der Waals surface area contributed by atoms with E-state index in [0.717, 1.165) is 29.4 Å². The van der Waals surface area contributed by atoms with Crippen LogP contribution in [0.15, 0.2) is 22.8 Å². The Labute approximate surface area is 166 Å². The van der Waals surface area contributed by atoms with Gasteiger partial charge in [-0.2, -0.15) is 0 Å². The van der Waals surface area contributed by atoms with Gasteiger partial charge in [-0.3, -0.25) is 9.59 Å². The van der Waals surface area contributed by atoms with Crippen molar-refractivity contribution >= 4 is 22.8 Å². The second-order valence-electron chi connectivity index (χ2n) is 8.63. The number of rotatable bonds is 4. The Hall–Kier alpha value is -2.30. The van der Waals surface area contributed by atoms with Gasteiger partial charge in [0, 0.05) is 43.0 Å². The number of aryl methyl sites for hydroxylation is 1. The molecule has 0 radical (unpaired) electrons. The zero-order valence-electron chi connectivity index (χ0n) is 17.2. The smallest absolute Gasteiger partial charge is 0.227 e. The lowest BCUT2D eigenvalue weighted by Gasteiger charge is -2.38. The minimum absolute atomic E-state index is 0.116. The van der Waals surface area contributed by atoms with Gasteiger partial charge in [-0.05, 0) is 48.9 Å². The maximum atomic E-state index is 12.9. The SMILES string of the molecule is Cc1cc2occ(CC(=O)N3CCN(C(=O)C4CCC4)CC3)c2cc1C(C)C.